The zero-order chi connectivity index (χ0) is 12.1. The first-order valence-electron chi connectivity index (χ1n) is 4.27. The van der Waals surface area contributed by atoms with E-state index < -0.39 is 6.43 Å². The molecule has 0 radical (unpaired) electrons. The molecule has 0 atom stereocenters. The fourth-order valence-corrected chi connectivity index (χ4v) is 1.75. The predicted octanol–water partition coefficient (Wildman–Crippen LogP) is 2.85. The van der Waals surface area contributed by atoms with Crippen molar-refractivity contribution in [3.8, 4) is 12.1 Å². The summed E-state index contributed by atoms with van der Waals surface area (Å²) in [4.78, 5) is 3.82. The fourth-order valence-electron chi connectivity index (χ4n) is 1.30. The highest BCUT2D eigenvalue weighted by Gasteiger charge is 2.21. The topological polar surface area (TPSA) is 60.5 Å². The Hall–Kier alpha value is -1.53. The molecule has 0 bridgehead atoms. The molecule has 0 unspecified atom stereocenters. The molecular formula is C10H6BrF2N3. The van der Waals surface area contributed by atoms with E-state index in [-0.39, 0.29) is 34.1 Å². The number of hydrogen-bond donors (Lipinski definition) is 0. The van der Waals surface area contributed by atoms with Crippen LogP contribution in [-0.2, 0) is 11.8 Å². The molecule has 0 aliphatic carbocycles. The van der Waals surface area contributed by atoms with Gasteiger partial charge >= 0.3 is 0 Å². The van der Waals surface area contributed by atoms with E-state index in [1.807, 2.05) is 6.07 Å². The van der Waals surface area contributed by atoms with E-state index in [1.54, 1.807) is 6.07 Å². The van der Waals surface area contributed by atoms with E-state index in [1.165, 1.54) is 6.20 Å². The number of rotatable bonds is 3. The molecule has 1 heterocycles. The first kappa shape index (κ1) is 12.5. The predicted molar refractivity (Wildman–Crippen MR) is 55.9 cm³/mol. The number of aromatic nitrogens is 1. The maximum absolute atomic E-state index is 12.8. The van der Waals surface area contributed by atoms with E-state index in [0.29, 0.717) is 0 Å². The summed E-state index contributed by atoms with van der Waals surface area (Å²) in [5, 5.41) is 17.5. The van der Waals surface area contributed by atoms with Crippen LogP contribution in [-0.4, -0.2) is 4.98 Å². The molecule has 1 aromatic heterocycles. The Kier molecular flexibility index (Phi) is 4.33. The minimum Gasteiger partial charge on any atom is -0.259 e. The van der Waals surface area contributed by atoms with Crippen LogP contribution in [0, 0.1) is 22.7 Å². The van der Waals surface area contributed by atoms with Crippen molar-refractivity contribution in [3.05, 3.63) is 28.6 Å². The molecule has 0 aliphatic rings. The van der Waals surface area contributed by atoms with Crippen molar-refractivity contribution >= 4 is 15.9 Å². The van der Waals surface area contributed by atoms with E-state index in [4.69, 9.17) is 10.5 Å². The van der Waals surface area contributed by atoms with Gasteiger partial charge in [-0.05, 0) is 0 Å². The van der Waals surface area contributed by atoms with Crippen LogP contribution < -0.4 is 0 Å². The van der Waals surface area contributed by atoms with Crippen molar-refractivity contribution in [2.24, 2.45) is 0 Å². The zero-order valence-electron chi connectivity index (χ0n) is 8.04. The molecule has 16 heavy (non-hydrogen) atoms. The molecule has 3 nitrogen and oxygen atoms in total. The molecule has 0 fully saturated rings. The minimum atomic E-state index is -2.77. The van der Waals surface area contributed by atoms with Crippen molar-refractivity contribution in [3.63, 3.8) is 0 Å². The first-order valence-corrected chi connectivity index (χ1v) is 5.39. The standard InChI is InChI=1S/C10H6BrF2N3/c11-3-8-9(10(12)13)7(4-15)6(1-2-14)5-16-8/h5,10H,1,3H2. The number of nitriles is 2. The fraction of sp³-hybridized carbons (Fsp3) is 0.300. The molecule has 0 saturated carbocycles. The summed E-state index contributed by atoms with van der Waals surface area (Å²) in [6.07, 6.45) is -1.57. The average molecular weight is 286 g/mol. The third kappa shape index (κ3) is 2.34. The second-order valence-corrected chi connectivity index (χ2v) is 3.46. The molecule has 0 aliphatic heterocycles. The highest BCUT2D eigenvalue weighted by atomic mass is 79.9. The van der Waals surface area contributed by atoms with Crippen molar-refractivity contribution in [2.75, 3.05) is 0 Å². The summed E-state index contributed by atoms with van der Waals surface area (Å²) in [5.74, 6) is 0. The monoisotopic (exact) mass is 285 g/mol. The van der Waals surface area contributed by atoms with Gasteiger partial charge < -0.3 is 0 Å². The molecule has 82 valence electrons. The lowest BCUT2D eigenvalue weighted by molar-refractivity contribution is 0.149. The van der Waals surface area contributed by atoms with Crippen molar-refractivity contribution in [1.82, 2.24) is 4.98 Å². The van der Waals surface area contributed by atoms with Crippen molar-refractivity contribution in [2.45, 2.75) is 18.2 Å². The van der Waals surface area contributed by atoms with Crippen LogP contribution in [0.2, 0.25) is 0 Å². The zero-order valence-corrected chi connectivity index (χ0v) is 9.63. The third-order valence-electron chi connectivity index (χ3n) is 2.00. The highest BCUT2D eigenvalue weighted by molar-refractivity contribution is 9.08. The Balaban J connectivity index is 3.46. The van der Waals surface area contributed by atoms with Gasteiger partial charge in [-0.15, -0.1) is 0 Å². The SMILES string of the molecule is N#CCc1cnc(CBr)c(C(F)F)c1C#N. The lowest BCUT2D eigenvalue weighted by Gasteiger charge is -2.10. The number of alkyl halides is 3. The summed E-state index contributed by atoms with van der Waals surface area (Å²) >= 11 is 3.03. The molecule has 6 heteroatoms. The Bertz CT molecular complexity index is 474. The molecule has 0 spiro atoms. The number of pyridine rings is 1. The lowest BCUT2D eigenvalue weighted by Crippen LogP contribution is -2.04. The summed E-state index contributed by atoms with van der Waals surface area (Å²) in [7, 11) is 0. The Morgan fingerprint density at radius 2 is 2.12 bits per heavy atom. The maximum Gasteiger partial charge on any atom is 0.266 e. The molecule has 1 rings (SSSR count). The number of nitrogens with zero attached hydrogens (tertiary/aromatic N) is 3. The van der Waals surface area contributed by atoms with Gasteiger partial charge in [0.1, 0.15) is 6.07 Å². The summed E-state index contributed by atoms with van der Waals surface area (Å²) in [5.41, 5.74) is -0.147. The van der Waals surface area contributed by atoms with Gasteiger partial charge in [0.2, 0.25) is 0 Å². The molecule has 0 N–H and O–H groups in total. The number of halogens is 3. The smallest absolute Gasteiger partial charge is 0.259 e. The van der Waals surface area contributed by atoms with Gasteiger partial charge in [-0.2, -0.15) is 10.5 Å². The van der Waals surface area contributed by atoms with Crippen LogP contribution in [0.3, 0.4) is 0 Å². The van der Waals surface area contributed by atoms with Crippen molar-refractivity contribution in [1.29, 1.82) is 10.5 Å². The quantitative estimate of drug-likeness (QED) is 0.803. The van der Waals surface area contributed by atoms with Crippen molar-refractivity contribution < 1.29 is 8.78 Å². The lowest BCUT2D eigenvalue weighted by atomic mass is 10.0. The normalized spacial score (nSPS) is 9.88. The minimum absolute atomic E-state index is 0.0990. The Morgan fingerprint density at radius 3 is 2.56 bits per heavy atom. The van der Waals surface area contributed by atoms with Gasteiger partial charge in [-0.1, -0.05) is 15.9 Å². The molecule has 1 aromatic rings. The third-order valence-corrected chi connectivity index (χ3v) is 2.53. The first-order chi connectivity index (χ1) is 7.65. The summed E-state index contributed by atoms with van der Waals surface area (Å²) in [6, 6.07) is 3.53. The highest BCUT2D eigenvalue weighted by Crippen LogP contribution is 2.28. The van der Waals surface area contributed by atoms with Gasteiger partial charge in [-0.25, -0.2) is 8.78 Å². The van der Waals surface area contributed by atoms with Gasteiger partial charge in [0.25, 0.3) is 6.43 Å². The molecular weight excluding hydrogens is 280 g/mol. The van der Waals surface area contributed by atoms with Crippen LogP contribution in [0.25, 0.3) is 0 Å². The average Bonchev–Trinajstić information content (AvgIpc) is 2.28. The van der Waals surface area contributed by atoms with Gasteiger partial charge in [0.05, 0.1) is 29.3 Å². The van der Waals surface area contributed by atoms with Crippen LogP contribution in [0.4, 0.5) is 8.78 Å². The van der Waals surface area contributed by atoms with Gasteiger partial charge in [-0.3, -0.25) is 4.98 Å². The van der Waals surface area contributed by atoms with E-state index in [2.05, 4.69) is 20.9 Å². The van der Waals surface area contributed by atoms with Crippen LogP contribution >= 0.6 is 15.9 Å². The Labute approximate surface area is 99.5 Å². The van der Waals surface area contributed by atoms with E-state index in [9.17, 15) is 8.78 Å². The van der Waals surface area contributed by atoms with Gasteiger partial charge in [0.15, 0.2) is 0 Å². The second-order valence-electron chi connectivity index (χ2n) is 2.90. The summed E-state index contributed by atoms with van der Waals surface area (Å²) < 4.78 is 25.6. The van der Waals surface area contributed by atoms with E-state index in [0.717, 1.165) is 0 Å². The largest absolute Gasteiger partial charge is 0.266 e. The van der Waals surface area contributed by atoms with E-state index >= 15 is 0 Å². The second kappa shape index (κ2) is 5.53. The van der Waals surface area contributed by atoms with Gasteiger partial charge in [0, 0.05) is 17.1 Å². The van der Waals surface area contributed by atoms with Crippen LogP contribution in [0.1, 0.15) is 28.8 Å². The Morgan fingerprint density at radius 1 is 1.44 bits per heavy atom. The maximum atomic E-state index is 12.8. The molecule has 0 saturated heterocycles. The molecule has 0 amide bonds. The van der Waals surface area contributed by atoms with Crippen LogP contribution in [0.15, 0.2) is 6.20 Å². The summed E-state index contributed by atoms with van der Waals surface area (Å²) in [6.45, 7) is 0. The van der Waals surface area contributed by atoms with Crippen LogP contribution in [0.5, 0.6) is 0 Å². The molecule has 0 aromatic carbocycles. The number of hydrogen-bond acceptors (Lipinski definition) is 3.